The van der Waals surface area contributed by atoms with Crippen molar-refractivity contribution in [3.63, 3.8) is 0 Å². The van der Waals surface area contributed by atoms with Crippen molar-refractivity contribution in [1.29, 1.82) is 0 Å². The fourth-order valence-corrected chi connectivity index (χ4v) is 2.28. The number of halogens is 3. The van der Waals surface area contributed by atoms with E-state index in [9.17, 15) is 18.0 Å². The molecule has 1 atom stereocenters. The Labute approximate surface area is 114 Å². The molecular formula is C12H16F3N3O2. The third-order valence-electron chi connectivity index (χ3n) is 3.36. The summed E-state index contributed by atoms with van der Waals surface area (Å²) in [5.41, 5.74) is -1.00. The molecule has 0 bridgehead atoms. The summed E-state index contributed by atoms with van der Waals surface area (Å²) in [5, 5.41) is 12.4. The topological polar surface area (TPSA) is 58.4 Å². The molecule has 1 saturated heterocycles. The number of carbonyl (C=O) groups is 1. The zero-order valence-electron chi connectivity index (χ0n) is 10.8. The zero-order chi connectivity index (χ0) is 14.8. The summed E-state index contributed by atoms with van der Waals surface area (Å²) in [6.07, 6.45) is -1.69. The van der Waals surface area contributed by atoms with Gasteiger partial charge in [-0.3, -0.25) is 9.48 Å². The molecule has 0 spiro atoms. The van der Waals surface area contributed by atoms with Crippen LogP contribution in [0.3, 0.4) is 0 Å². The zero-order valence-corrected chi connectivity index (χ0v) is 10.8. The quantitative estimate of drug-likeness (QED) is 0.908. The number of nitrogens with zero attached hydrogens (tertiary/aromatic N) is 3. The van der Waals surface area contributed by atoms with Gasteiger partial charge in [0.05, 0.1) is 0 Å². The highest BCUT2D eigenvalue weighted by Gasteiger charge is 2.33. The molecule has 2 rings (SSSR count). The van der Waals surface area contributed by atoms with Gasteiger partial charge in [-0.05, 0) is 24.8 Å². The van der Waals surface area contributed by atoms with Crippen LogP contribution in [0, 0.1) is 5.92 Å². The average Bonchev–Trinajstić information content (AvgIpc) is 2.87. The van der Waals surface area contributed by atoms with Crippen LogP contribution in [0.25, 0.3) is 0 Å². The maximum absolute atomic E-state index is 12.4. The molecule has 112 valence electrons. The van der Waals surface area contributed by atoms with Crippen LogP contribution >= 0.6 is 0 Å². The van der Waals surface area contributed by atoms with Gasteiger partial charge in [0, 0.05) is 25.9 Å². The molecule has 1 aliphatic heterocycles. The Balaban J connectivity index is 1.96. The number of hydrogen-bond donors (Lipinski definition) is 1. The first kappa shape index (κ1) is 14.8. The molecule has 20 heavy (non-hydrogen) atoms. The van der Waals surface area contributed by atoms with Crippen molar-refractivity contribution >= 4 is 5.91 Å². The number of carbonyl (C=O) groups excluding carboxylic acids is 1. The Hall–Kier alpha value is -1.57. The summed E-state index contributed by atoms with van der Waals surface area (Å²) in [6.45, 7) is 0.823. The van der Waals surface area contributed by atoms with E-state index in [0.29, 0.717) is 13.1 Å². The lowest BCUT2D eigenvalue weighted by atomic mass is 9.99. The fraction of sp³-hybridized carbons (Fsp3) is 0.667. The lowest BCUT2D eigenvalue weighted by Crippen LogP contribution is -2.42. The van der Waals surface area contributed by atoms with Crippen molar-refractivity contribution in [1.82, 2.24) is 14.7 Å². The smallest absolute Gasteiger partial charge is 0.396 e. The number of likely N-dealkylation sites (tertiary alicyclic amines) is 1. The van der Waals surface area contributed by atoms with Crippen molar-refractivity contribution in [3.05, 3.63) is 18.0 Å². The number of alkyl halides is 3. The largest absolute Gasteiger partial charge is 0.435 e. The number of piperidine rings is 1. The molecule has 0 saturated carbocycles. The van der Waals surface area contributed by atoms with E-state index in [0.717, 1.165) is 29.8 Å². The number of rotatable bonds is 3. The van der Waals surface area contributed by atoms with Crippen LogP contribution in [0.2, 0.25) is 0 Å². The van der Waals surface area contributed by atoms with Crippen LogP contribution in [0.5, 0.6) is 0 Å². The second-order valence-electron chi connectivity index (χ2n) is 4.93. The van der Waals surface area contributed by atoms with Crippen LogP contribution in [-0.2, 0) is 17.5 Å². The Morgan fingerprint density at radius 3 is 2.85 bits per heavy atom. The Bertz CT molecular complexity index is 473. The summed E-state index contributed by atoms with van der Waals surface area (Å²) in [6, 6.07) is 0.847. The van der Waals surface area contributed by atoms with E-state index in [-0.39, 0.29) is 25.0 Å². The SMILES string of the molecule is O=C(Cn1ccc(C(F)(F)F)n1)N1CCCC(CO)C1. The standard InChI is InChI=1S/C12H16F3N3O2/c13-12(14,15)10-3-5-18(16-10)7-11(20)17-4-1-2-9(6-17)8-19/h3,5,9,19H,1-2,4,6-8H2. The predicted molar refractivity (Wildman–Crippen MR) is 63.6 cm³/mol. The molecule has 2 heterocycles. The molecule has 0 aliphatic carbocycles. The van der Waals surface area contributed by atoms with Gasteiger partial charge in [0.2, 0.25) is 5.91 Å². The Morgan fingerprint density at radius 2 is 2.25 bits per heavy atom. The summed E-state index contributed by atoms with van der Waals surface area (Å²) in [5.74, 6) is -0.226. The van der Waals surface area contributed by atoms with Crippen molar-refractivity contribution < 1.29 is 23.1 Å². The third kappa shape index (κ3) is 3.50. The van der Waals surface area contributed by atoms with Crippen molar-refractivity contribution in [2.75, 3.05) is 19.7 Å². The fourth-order valence-electron chi connectivity index (χ4n) is 2.28. The van der Waals surface area contributed by atoms with Gasteiger partial charge in [0.25, 0.3) is 0 Å². The highest BCUT2D eigenvalue weighted by molar-refractivity contribution is 5.76. The second-order valence-corrected chi connectivity index (χ2v) is 4.93. The van der Waals surface area contributed by atoms with Crippen LogP contribution in [0.1, 0.15) is 18.5 Å². The number of hydrogen-bond acceptors (Lipinski definition) is 3. The van der Waals surface area contributed by atoms with Crippen molar-refractivity contribution in [2.24, 2.45) is 5.92 Å². The van der Waals surface area contributed by atoms with Gasteiger partial charge in [0.1, 0.15) is 6.54 Å². The van der Waals surface area contributed by atoms with Gasteiger partial charge in [-0.1, -0.05) is 0 Å². The maximum Gasteiger partial charge on any atom is 0.435 e. The molecule has 5 nitrogen and oxygen atoms in total. The first-order chi connectivity index (χ1) is 9.40. The summed E-state index contributed by atoms with van der Waals surface area (Å²) >= 11 is 0. The molecule has 0 aromatic carbocycles. The first-order valence-corrected chi connectivity index (χ1v) is 6.39. The minimum Gasteiger partial charge on any atom is -0.396 e. The van der Waals surface area contributed by atoms with Crippen LogP contribution in [0.15, 0.2) is 12.3 Å². The van der Waals surface area contributed by atoms with E-state index in [4.69, 9.17) is 5.11 Å². The van der Waals surface area contributed by atoms with Crippen LogP contribution < -0.4 is 0 Å². The van der Waals surface area contributed by atoms with Gasteiger partial charge in [-0.2, -0.15) is 18.3 Å². The van der Waals surface area contributed by atoms with Crippen LogP contribution in [0.4, 0.5) is 13.2 Å². The van der Waals surface area contributed by atoms with Gasteiger partial charge in [0.15, 0.2) is 5.69 Å². The van der Waals surface area contributed by atoms with Gasteiger partial charge in [-0.25, -0.2) is 0 Å². The lowest BCUT2D eigenvalue weighted by Gasteiger charge is -2.31. The summed E-state index contributed by atoms with van der Waals surface area (Å²) in [7, 11) is 0. The number of amides is 1. The Morgan fingerprint density at radius 1 is 1.50 bits per heavy atom. The van der Waals surface area contributed by atoms with Crippen molar-refractivity contribution in [2.45, 2.75) is 25.6 Å². The van der Waals surface area contributed by atoms with E-state index in [1.54, 1.807) is 4.90 Å². The monoisotopic (exact) mass is 291 g/mol. The number of aliphatic hydroxyl groups is 1. The molecule has 1 aromatic heterocycles. The molecule has 1 unspecified atom stereocenters. The minimum atomic E-state index is -4.50. The first-order valence-electron chi connectivity index (χ1n) is 6.39. The van der Waals surface area contributed by atoms with E-state index < -0.39 is 11.9 Å². The lowest BCUT2D eigenvalue weighted by molar-refractivity contribution is -0.142. The second kappa shape index (κ2) is 5.82. The molecule has 1 amide bonds. The van der Waals surface area contributed by atoms with E-state index in [1.807, 2.05) is 0 Å². The van der Waals surface area contributed by atoms with Gasteiger partial charge in [-0.15, -0.1) is 0 Å². The molecule has 1 aliphatic rings. The van der Waals surface area contributed by atoms with E-state index in [1.165, 1.54) is 0 Å². The molecule has 0 radical (unpaired) electrons. The van der Waals surface area contributed by atoms with Gasteiger partial charge >= 0.3 is 6.18 Å². The molecule has 1 fully saturated rings. The average molecular weight is 291 g/mol. The van der Waals surface area contributed by atoms with Crippen LogP contribution in [-0.4, -0.2) is 45.4 Å². The summed E-state index contributed by atoms with van der Waals surface area (Å²) < 4.78 is 38.2. The van der Waals surface area contributed by atoms with Gasteiger partial charge < -0.3 is 10.0 Å². The highest BCUT2D eigenvalue weighted by atomic mass is 19.4. The number of aromatic nitrogens is 2. The summed E-state index contributed by atoms with van der Waals surface area (Å²) in [4.78, 5) is 13.6. The normalized spacial score (nSPS) is 20.2. The van der Waals surface area contributed by atoms with Crippen molar-refractivity contribution in [3.8, 4) is 0 Å². The molecule has 8 heteroatoms. The predicted octanol–water partition coefficient (Wildman–Crippen LogP) is 1.13. The van der Waals surface area contributed by atoms with E-state index in [2.05, 4.69) is 5.10 Å². The van der Waals surface area contributed by atoms with E-state index >= 15 is 0 Å². The molecule has 1 aromatic rings. The molecule has 1 N–H and O–H groups in total. The minimum absolute atomic E-state index is 0.0176. The number of aliphatic hydroxyl groups excluding tert-OH is 1. The maximum atomic E-state index is 12.4. The highest BCUT2D eigenvalue weighted by Crippen LogP contribution is 2.27. The Kier molecular flexibility index (Phi) is 4.32. The third-order valence-corrected chi connectivity index (χ3v) is 3.36. The molecular weight excluding hydrogens is 275 g/mol.